The Morgan fingerprint density at radius 1 is 1.07 bits per heavy atom. The van der Waals surface area contributed by atoms with E-state index in [4.69, 9.17) is 4.74 Å². The van der Waals surface area contributed by atoms with Crippen molar-refractivity contribution in [1.29, 1.82) is 0 Å². The molecule has 1 aliphatic rings. The molecule has 0 saturated carbocycles. The van der Waals surface area contributed by atoms with Crippen molar-refractivity contribution in [3.05, 3.63) is 34.9 Å². The molecule has 2 amide bonds. The highest BCUT2D eigenvalue weighted by molar-refractivity contribution is 5.94. The maximum Gasteiger partial charge on any atom is 0.408 e. The molecular weight excluding hydrogens is 352 g/mol. The zero-order valence-corrected chi connectivity index (χ0v) is 19.7. The van der Waals surface area contributed by atoms with E-state index in [0.717, 1.165) is 24.0 Å². The van der Waals surface area contributed by atoms with E-state index < -0.39 is 11.7 Å². The van der Waals surface area contributed by atoms with Crippen molar-refractivity contribution in [2.75, 3.05) is 6.54 Å². The minimum Gasteiger partial charge on any atom is -0.444 e. The Labute approximate surface area is 172 Å². The first-order valence-corrected chi connectivity index (χ1v) is 10.7. The fraction of sp³-hybridized carbons (Fsp3) is 0.652. The predicted molar refractivity (Wildman–Crippen MR) is 119 cm³/mol. The highest BCUT2D eigenvalue weighted by Gasteiger charge is 2.26. The van der Waals surface area contributed by atoms with Gasteiger partial charge in [-0.3, -0.25) is 4.79 Å². The van der Waals surface area contributed by atoms with Crippen LogP contribution in [0.3, 0.4) is 0 Å². The van der Waals surface area contributed by atoms with Crippen molar-refractivity contribution < 1.29 is 14.3 Å². The van der Waals surface area contributed by atoms with Crippen LogP contribution >= 0.6 is 0 Å². The second kappa shape index (κ2) is 14.9. The van der Waals surface area contributed by atoms with Gasteiger partial charge in [-0.05, 0) is 63.8 Å². The van der Waals surface area contributed by atoms with Crippen LogP contribution in [0.5, 0.6) is 0 Å². The molecule has 1 aromatic rings. The molecule has 0 saturated heterocycles. The van der Waals surface area contributed by atoms with Crippen LogP contribution in [0.25, 0.3) is 0 Å². The number of hydrogen-bond donors (Lipinski definition) is 2. The number of alkyl carbamates (subject to hydrolysis) is 1. The van der Waals surface area contributed by atoms with Gasteiger partial charge in [-0.1, -0.05) is 47.6 Å². The normalized spacial score (nSPS) is 13.9. The summed E-state index contributed by atoms with van der Waals surface area (Å²) in [6.07, 6.45) is 1.27. The van der Waals surface area contributed by atoms with Gasteiger partial charge < -0.3 is 15.4 Å². The summed E-state index contributed by atoms with van der Waals surface area (Å²) in [5, 5.41) is 5.70. The van der Waals surface area contributed by atoms with Crippen LogP contribution in [0.1, 0.15) is 103 Å². The van der Waals surface area contributed by atoms with E-state index in [0.29, 0.717) is 12.1 Å². The molecule has 162 valence electrons. The Hall–Kier alpha value is -2.04. The molecule has 2 rings (SSSR count). The number of benzene rings is 1. The lowest BCUT2D eigenvalue weighted by Crippen LogP contribution is -2.34. The monoisotopic (exact) mass is 394 g/mol. The molecule has 1 unspecified atom stereocenters. The van der Waals surface area contributed by atoms with Crippen molar-refractivity contribution in [2.45, 2.75) is 93.7 Å². The van der Waals surface area contributed by atoms with E-state index >= 15 is 0 Å². The highest BCUT2D eigenvalue weighted by Crippen LogP contribution is 2.32. The maximum absolute atomic E-state index is 11.9. The summed E-state index contributed by atoms with van der Waals surface area (Å²) in [6, 6.07) is 5.60. The van der Waals surface area contributed by atoms with Crippen LogP contribution in [-0.2, 0) is 11.2 Å². The zero-order valence-electron chi connectivity index (χ0n) is 19.7. The van der Waals surface area contributed by atoms with Crippen molar-refractivity contribution in [3.63, 3.8) is 0 Å². The number of aryl methyl sites for hydroxylation is 1. The number of fused-ring (bicyclic) bond motifs is 1. The van der Waals surface area contributed by atoms with Crippen LogP contribution in [0.15, 0.2) is 18.2 Å². The van der Waals surface area contributed by atoms with E-state index in [-0.39, 0.29) is 11.9 Å². The van der Waals surface area contributed by atoms with Gasteiger partial charge in [0.05, 0.1) is 6.04 Å². The SMILES string of the molecule is CC.CC.CC.CCNC(=O)c1ccc2c(c1)CCC2NC(=O)OC(C)(C)C. The summed E-state index contributed by atoms with van der Waals surface area (Å²) in [6.45, 7) is 20.0. The third kappa shape index (κ3) is 9.77. The third-order valence-corrected chi connectivity index (χ3v) is 3.51. The molecule has 5 heteroatoms. The molecule has 0 bridgehead atoms. The molecule has 0 fully saturated rings. The summed E-state index contributed by atoms with van der Waals surface area (Å²) >= 11 is 0. The van der Waals surface area contributed by atoms with E-state index in [1.165, 1.54) is 0 Å². The molecular formula is C23H42N2O3. The number of hydrogen-bond acceptors (Lipinski definition) is 3. The summed E-state index contributed by atoms with van der Waals surface area (Å²) in [5.41, 5.74) is 2.34. The zero-order chi connectivity index (χ0) is 22.3. The second-order valence-corrected chi connectivity index (χ2v) is 6.51. The smallest absolute Gasteiger partial charge is 0.408 e. The molecule has 28 heavy (non-hydrogen) atoms. The van der Waals surface area contributed by atoms with Crippen LogP contribution in [0, 0.1) is 0 Å². The van der Waals surface area contributed by atoms with Gasteiger partial charge in [-0.2, -0.15) is 0 Å². The fourth-order valence-corrected chi connectivity index (χ4v) is 2.62. The first kappa shape index (κ1) is 28.2. The number of ether oxygens (including phenoxy) is 1. The number of carbonyl (C=O) groups is 2. The van der Waals surface area contributed by atoms with Crippen molar-refractivity contribution in [3.8, 4) is 0 Å². The summed E-state index contributed by atoms with van der Waals surface area (Å²) in [4.78, 5) is 23.7. The molecule has 1 aliphatic carbocycles. The van der Waals surface area contributed by atoms with Crippen LogP contribution in [-0.4, -0.2) is 24.1 Å². The largest absolute Gasteiger partial charge is 0.444 e. The van der Waals surface area contributed by atoms with E-state index in [2.05, 4.69) is 10.6 Å². The van der Waals surface area contributed by atoms with E-state index in [9.17, 15) is 9.59 Å². The molecule has 0 radical (unpaired) electrons. The fourth-order valence-electron chi connectivity index (χ4n) is 2.62. The van der Waals surface area contributed by atoms with Crippen LogP contribution < -0.4 is 10.6 Å². The van der Waals surface area contributed by atoms with E-state index in [1.807, 2.05) is 81.4 Å². The van der Waals surface area contributed by atoms with Gasteiger partial charge in [-0.15, -0.1) is 0 Å². The van der Waals surface area contributed by atoms with E-state index in [1.54, 1.807) is 6.07 Å². The molecule has 5 nitrogen and oxygen atoms in total. The second-order valence-electron chi connectivity index (χ2n) is 6.51. The third-order valence-electron chi connectivity index (χ3n) is 3.51. The Morgan fingerprint density at radius 3 is 2.14 bits per heavy atom. The Kier molecular flexibility index (Phi) is 15.0. The number of rotatable bonds is 3. The van der Waals surface area contributed by atoms with Gasteiger partial charge in [0.15, 0.2) is 0 Å². The Bertz CT molecular complexity index is 578. The minimum absolute atomic E-state index is 0.0480. The lowest BCUT2D eigenvalue weighted by Gasteiger charge is -2.22. The van der Waals surface area contributed by atoms with Gasteiger partial charge in [0, 0.05) is 12.1 Å². The summed E-state index contributed by atoms with van der Waals surface area (Å²) < 4.78 is 5.29. The first-order chi connectivity index (χ1) is 13.3. The molecule has 0 aromatic heterocycles. The van der Waals surface area contributed by atoms with Crippen LogP contribution in [0.4, 0.5) is 4.79 Å². The molecule has 0 heterocycles. The Morgan fingerprint density at radius 2 is 1.64 bits per heavy atom. The Balaban J connectivity index is 0. The molecule has 0 aliphatic heterocycles. The van der Waals surface area contributed by atoms with Crippen LogP contribution in [0.2, 0.25) is 0 Å². The number of carbonyl (C=O) groups excluding carboxylic acids is 2. The molecule has 0 spiro atoms. The quantitative estimate of drug-likeness (QED) is 0.658. The standard InChI is InChI=1S/C17H24N2O3.3C2H6/c1-5-18-15(20)12-6-8-13-11(10-12)7-9-14(13)19-16(21)22-17(2,3)4;3*1-2/h6,8,10,14H,5,7,9H2,1-4H3,(H,18,20)(H,19,21);3*1-2H3. The summed E-state index contributed by atoms with van der Waals surface area (Å²) in [7, 11) is 0. The number of nitrogens with one attached hydrogen (secondary N) is 2. The predicted octanol–water partition coefficient (Wildman–Crippen LogP) is 6.03. The summed E-state index contributed by atoms with van der Waals surface area (Å²) in [5.74, 6) is -0.0612. The molecule has 1 atom stereocenters. The van der Waals surface area contributed by atoms with Gasteiger partial charge in [0.1, 0.15) is 5.60 Å². The van der Waals surface area contributed by atoms with Crippen molar-refractivity contribution in [2.24, 2.45) is 0 Å². The maximum atomic E-state index is 11.9. The van der Waals surface area contributed by atoms with Crippen molar-refractivity contribution in [1.82, 2.24) is 10.6 Å². The first-order valence-electron chi connectivity index (χ1n) is 10.7. The lowest BCUT2D eigenvalue weighted by atomic mass is 10.0. The highest BCUT2D eigenvalue weighted by atomic mass is 16.6. The topological polar surface area (TPSA) is 67.4 Å². The van der Waals surface area contributed by atoms with Gasteiger partial charge in [-0.25, -0.2) is 4.79 Å². The number of amides is 2. The molecule has 2 N–H and O–H groups in total. The van der Waals surface area contributed by atoms with Gasteiger partial charge in [0.2, 0.25) is 0 Å². The average molecular weight is 395 g/mol. The minimum atomic E-state index is -0.506. The molecule has 1 aromatic carbocycles. The van der Waals surface area contributed by atoms with Gasteiger partial charge in [0.25, 0.3) is 5.91 Å². The average Bonchev–Trinajstić information content (AvgIpc) is 3.07. The lowest BCUT2D eigenvalue weighted by molar-refractivity contribution is 0.0503. The van der Waals surface area contributed by atoms with Crippen molar-refractivity contribution >= 4 is 12.0 Å². The van der Waals surface area contributed by atoms with Gasteiger partial charge >= 0.3 is 6.09 Å².